The molecule has 0 saturated heterocycles. The monoisotopic (exact) mass is 318 g/mol. The SMILES string of the molecule is Cc1nc(-c2cccs2)sc1C(=O)N(C)Cc1ncc[nH]1. The van der Waals surface area contributed by atoms with Gasteiger partial charge in [-0.25, -0.2) is 9.97 Å². The van der Waals surface area contributed by atoms with Gasteiger partial charge in [0, 0.05) is 19.4 Å². The van der Waals surface area contributed by atoms with Crippen LogP contribution in [0.5, 0.6) is 0 Å². The summed E-state index contributed by atoms with van der Waals surface area (Å²) in [5, 5.41) is 2.91. The maximum atomic E-state index is 12.5. The van der Waals surface area contributed by atoms with E-state index < -0.39 is 0 Å². The highest BCUT2D eigenvalue weighted by atomic mass is 32.1. The second-order valence-corrected chi connectivity index (χ2v) is 6.55. The van der Waals surface area contributed by atoms with E-state index in [9.17, 15) is 4.79 Å². The molecule has 3 aromatic rings. The van der Waals surface area contributed by atoms with Gasteiger partial charge in [0.25, 0.3) is 5.91 Å². The molecule has 5 nitrogen and oxygen atoms in total. The van der Waals surface area contributed by atoms with Crippen molar-refractivity contribution >= 4 is 28.6 Å². The Hall–Kier alpha value is -1.99. The number of aryl methyl sites for hydroxylation is 1. The number of nitrogens with zero attached hydrogens (tertiary/aromatic N) is 3. The number of nitrogens with one attached hydrogen (secondary N) is 1. The second kappa shape index (κ2) is 5.79. The topological polar surface area (TPSA) is 61.9 Å². The fraction of sp³-hybridized carbons (Fsp3) is 0.214. The summed E-state index contributed by atoms with van der Waals surface area (Å²) < 4.78 is 0. The number of imidazole rings is 1. The summed E-state index contributed by atoms with van der Waals surface area (Å²) in [7, 11) is 1.77. The molecule has 3 heterocycles. The van der Waals surface area contributed by atoms with Crippen molar-refractivity contribution in [1.29, 1.82) is 0 Å². The number of carbonyl (C=O) groups excluding carboxylic acids is 1. The van der Waals surface area contributed by atoms with E-state index in [2.05, 4.69) is 15.0 Å². The van der Waals surface area contributed by atoms with Crippen LogP contribution >= 0.6 is 22.7 Å². The van der Waals surface area contributed by atoms with E-state index in [1.807, 2.05) is 24.4 Å². The van der Waals surface area contributed by atoms with Gasteiger partial charge in [-0.15, -0.1) is 22.7 Å². The molecule has 0 bridgehead atoms. The lowest BCUT2D eigenvalue weighted by atomic mass is 10.3. The predicted molar refractivity (Wildman–Crippen MR) is 84.5 cm³/mol. The van der Waals surface area contributed by atoms with E-state index in [1.165, 1.54) is 11.3 Å². The minimum Gasteiger partial charge on any atom is -0.347 e. The van der Waals surface area contributed by atoms with E-state index in [0.29, 0.717) is 11.4 Å². The molecule has 0 fully saturated rings. The lowest BCUT2D eigenvalue weighted by Gasteiger charge is -2.14. The second-order valence-electron chi connectivity index (χ2n) is 4.61. The van der Waals surface area contributed by atoms with Gasteiger partial charge in [0.1, 0.15) is 15.7 Å². The Balaban J connectivity index is 1.81. The lowest BCUT2D eigenvalue weighted by Crippen LogP contribution is -2.26. The number of carbonyl (C=O) groups is 1. The number of hydrogen-bond acceptors (Lipinski definition) is 5. The number of amides is 1. The molecule has 0 aliphatic rings. The van der Waals surface area contributed by atoms with E-state index >= 15 is 0 Å². The lowest BCUT2D eigenvalue weighted by molar-refractivity contribution is 0.0785. The Morgan fingerprint density at radius 3 is 3.00 bits per heavy atom. The van der Waals surface area contributed by atoms with Gasteiger partial charge in [-0.1, -0.05) is 6.07 Å². The van der Waals surface area contributed by atoms with Crippen LogP contribution < -0.4 is 0 Å². The van der Waals surface area contributed by atoms with Crippen LogP contribution in [0.3, 0.4) is 0 Å². The largest absolute Gasteiger partial charge is 0.347 e. The molecule has 0 atom stereocenters. The van der Waals surface area contributed by atoms with Crippen molar-refractivity contribution in [3.8, 4) is 9.88 Å². The Morgan fingerprint density at radius 2 is 2.33 bits per heavy atom. The fourth-order valence-corrected chi connectivity index (χ4v) is 3.81. The number of rotatable bonds is 4. The van der Waals surface area contributed by atoms with Crippen LogP contribution in [0.15, 0.2) is 29.9 Å². The van der Waals surface area contributed by atoms with Gasteiger partial charge in [-0.05, 0) is 18.4 Å². The highest BCUT2D eigenvalue weighted by Crippen LogP contribution is 2.31. The zero-order valence-electron chi connectivity index (χ0n) is 11.7. The summed E-state index contributed by atoms with van der Waals surface area (Å²) >= 11 is 3.07. The van der Waals surface area contributed by atoms with Crippen molar-refractivity contribution in [1.82, 2.24) is 19.9 Å². The third-order valence-corrected chi connectivity index (χ3v) is 5.20. The standard InChI is InChI=1S/C14H14N4OS2/c1-9-12(21-13(17-9)10-4-3-7-20-10)14(19)18(2)8-11-15-5-6-16-11/h3-7H,8H2,1-2H3,(H,15,16). The van der Waals surface area contributed by atoms with Crippen LogP contribution in [-0.4, -0.2) is 32.8 Å². The Morgan fingerprint density at radius 1 is 1.48 bits per heavy atom. The molecule has 3 rings (SSSR count). The smallest absolute Gasteiger partial charge is 0.266 e. The first-order valence-electron chi connectivity index (χ1n) is 6.40. The minimum atomic E-state index is -0.0239. The first-order chi connectivity index (χ1) is 10.1. The summed E-state index contributed by atoms with van der Waals surface area (Å²) in [6, 6.07) is 4.00. The summed E-state index contributed by atoms with van der Waals surface area (Å²) in [6.45, 7) is 2.33. The highest BCUT2D eigenvalue weighted by Gasteiger charge is 2.20. The zero-order chi connectivity index (χ0) is 14.8. The van der Waals surface area contributed by atoms with Crippen LogP contribution in [0.4, 0.5) is 0 Å². The van der Waals surface area contributed by atoms with Crippen molar-refractivity contribution < 1.29 is 4.79 Å². The van der Waals surface area contributed by atoms with Crippen molar-refractivity contribution in [3.63, 3.8) is 0 Å². The third kappa shape index (κ3) is 2.88. The van der Waals surface area contributed by atoms with Crippen molar-refractivity contribution in [2.45, 2.75) is 13.5 Å². The number of aromatic nitrogens is 3. The first-order valence-corrected chi connectivity index (χ1v) is 8.10. The average Bonchev–Trinajstić information content (AvgIpc) is 3.18. The number of thiophene rings is 1. The Labute approximate surface area is 130 Å². The van der Waals surface area contributed by atoms with E-state index in [4.69, 9.17) is 0 Å². The molecule has 0 aliphatic heterocycles. The van der Waals surface area contributed by atoms with Gasteiger partial charge in [0.05, 0.1) is 17.1 Å². The molecular weight excluding hydrogens is 304 g/mol. The molecule has 7 heteroatoms. The van der Waals surface area contributed by atoms with Gasteiger partial charge in [0.2, 0.25) is 0 Å². The normalized spacial score (nSPS) is 10.8. The van der Waals surface area contributed by atoms with Crippen LogP contribution in [-0.2, 0) is 6.54 Å². The number of hydrogen-bond donors (Lipinski definition) is 1. The molecule has 21 heavy (non-hydrogen) atoms. The molecule has 0 aliphatic carbocycles. The molecule has 1 N–H and O–H groups in total. The zero-order valence-corrected chi connectivity index (χ0v) is 13.3. The fourth-order valence-electron chi connectivity index (χ4n) is 1.95. The molecule has 108 valence electrons. The van der Waals surface area contributed by atoms with Crippen LogP contribution in [0.2, 0.25) is 0 Å². The van der Waals surface area contributed by atoms with Crippen LogP contribution in [0.1, 0.15) is 21.2 Å². The van der Waals surface area contributed by atoms with E-state index in [-0.39, 0.29) is 5.91 Å². The van der Waals surface area contributed by atoms with Crippen molar-refractivity contribution in [2.75, 3.05) is 7.05 Å². The minimum absolute atomic E-state index is 0.0239. The summed E-state index contributed by atoms with van der Waals surface area (Å²) in [5.41, 5.74) is 0.777. The molecule has 0 radical (unpaired) electrons. The molecule has 0 unspecified atom stereocenters. The summed E-state index contributed by atoms with van der Waals surface area (Å²) in [5.74, 6) is 0.746. The van der Waals surface area contributed by atoms with Gasteiger partial charge in [0.15, 0.2) is 0 Å². The molecule has 0 aromatic carbocycles. The van der Waals surface area contributed by atoms with Crippen molar-refractivity contribution in [2.24, 2.45) is 0 Å². The van der Waals surface area contributed by atoms with Gasteiger partial charge < -0.3 is 9.88 Å². The molecule has 1 amide bonds. The highest BCUT2D eigenvalue weighted by molar-refractivity contribution is 7.22. The predicted octanol–water partition coefficient (Wildman–Crippen LogP) is 3.18. The quantitative estimate of drug-likeness (QED) is 0.803. The van der Waals surface area contributed by atoms with Crippen LogP contribution in [0, 0.1) is 6.92 Å². The van der Waals surface area contributed by atoms with Crippen molar-refractivity contribution in [3.05, 3.63) is 46.3 Å². The number of aromatic amines is 1. The third-order valence-electron chi connectivity index (χ3n) is 3.01. The first kappa shape index (κ1) is 14.0. The van der Waals surface area contributed by atoms with E-state index in [1.54, 1.807) is 35.7 Å². The average molecular weight is 318 g/mol. The summed E-state index contributed by atoms with van der Waals surface area (Å²) in [4.78, 5) is 27.6. The Bertz CT molecular complexity index is 731. The number of thiazole rings is 1. The van der Waals surface area contributed by atoms with Gasteiger partial charge >= 0.3 is 0 Å². The maximum absolute atomic E-state index is 12.5. The van der Waals surface area contributed by atoms with Gasteiger partial charge in [-0.2, -0.15) is 0 Å². The number of H-pyrrole nitrogens is 1. The molecular formula is C14H14N4OS2. The molecule has 0 spiro atoms. The summed E-state index contributed by atoms with van der Waals surface area (Å²) in [6.07, 6.45) is 3.43. The maximum Gasteiger partial charge on any atom is 0.266 e. The molecule has 0 saturated carbocycles. The Kier molecular flexibility index (Phi) is 3.85. The van der Waals surface area contributed by atoms with E-state index in [0.717, 1.165) is 21.4 Å². The van der Waals surface area contributed by atoms with Gasteiger partial charge in [-0.3, -0.25) is 4.79 Å². The molecule has 3 aromatic heterocycles. The van der Waals surface area contributed by atoms with Crippen LogP contribution in [0.25, 0.3) is 9.88 Å².